The zero-order chi connectivity index (χ0) is 15.6. The highest BCUT2D eigenvalue weighted by Crippen LogP contribution is 2.29. The number of hydrogen-bond donors (Lipinski definition) is 3. The number of anilines is 1. The van der Waals surface area contributed by atoms with Gasteiger partial charge in [0, 0.05) is 5.69 Å². The summed E-state index contributed by atoms with van der Waals surface area (Å²) in [6.07, 6.45) is -0.0873. The van der Waals surface area contributed by atoms with Crippen molar-refractivity contribution in [2.75, 3.05) is 5.32 Å². The summed E-state index contributed by atoms with van der Waals surface area (Å²) in [7, 11) is 0. The van der Waals surface area contributed by atoms with Gasteiger partial charge in [0.15, 0.2) is 0 Å². The lowest BCUT2D eigenvalue weighted by molar-refractivity contribution is -0.124. The maximum Gasteiger partial charge on any atom is 0.322 e. The summed E-state index contributed by atoms with van der Waals surface area (Å²) in [6, 6.07) is 6.17. The Labute approximate surface area is 123 Å². The first kappa shape index (κ1) is 15.0. The van der Waals surface area contributed by atoms with E-state index in [4.69, 9.17) is 0 Å². The number of urea groups is 1. The molecule has 1 aromatic rings. The van der Waals surface area contributed by atoms with E-state index in [0.717, 1.165) is 11.3 Å². The van der Waals surface area contributed by atoms with Gasteiger partial charge in [-0.25, -0.2) is 4.79 Å². The van der Waals surface area contributed by atoms with Gasteiger partial charge in [-0.3, -0.25) is 14.9 Å². The summed E-state index contributed by atoms with van der Waals surface area (Å²) < 4.78 is 0. The minimum Gasteiger partial charge on any atom is -0.326 e. The third-order valence-corrected chi connectivity index (χ3v) is 3.26. The molecule has 0 spiro atoms. The van der Waals surface area contributed by atoms with E-state index < -0.39 is 18.0 Å². The SMILES string of the molecule is CC(C)(C)c1ccccc1NC(=O)CC1NC(=O)NC1=O. The van der Waals surface area contributed by atoms with E-state index >= 15 is 0 Å². The second-order valence-corrected chi connectivity index (χ2v) is 6.06. The van der Waals surface area contributed by atoms with Gasteiger partial charge < -0.3 is 10.6 Å². The molecular weight excluding hydrogens is 270 g/mol. The fourth-order valence-electron chi connectivity index (χ4n) is 2.24. The quantitative estimate of drug-likeness (QED) is 0.737. The molecule has 0 aromatic heterocycles. The van der Waals surface area contributed by atoms with Gasteiger partial charge >= 0.3 is 6.03 Å². The number of amides is 4. The molecule has 6 heteroatoms. The van der Waals surface area contributed by atoms with Crippen LogP contribution < -0.4 is 16.0 Å². The van der Waals surface area contributed by atoms with Crippen LogP contribution in [0.25, 0.3) is 0 Å². The van der Waals surface area contributed by atoms with Crippen LogP contribution in [-0.4, -0.2) is 23.9 Å². The van der Waals surface area contributed by atoms with Gasteiger partial charge in [-0.15, -0.1) is 0 Å². The second-order valence-electron chi connectivity index (χ2n) is 6.06. The van der Waals surface area contributed by atoms with Crippen LogP contribution >= 0.6 is 0 Å². The van der Waals surface area contributed by atoms with Crippen LogP contribution in [0.15, 0.2) is 24.3 Å². The molecule has 0 bridgehead atoms. The van der Waals surface area contributed by atoms with Crippen LogP contribution in [0, 0.1) is 0 Å². The minimum absolute atomic E-state index is 0.0873. The van der Waals surface area contributed by atoms with E-state index in [9.17, 15) is 14.4 Å². The predicted octanol–water partition coefficient (Wildman–Crippen LogP) is 1.52. The van der Waals surface area contributed by atoms with Crippen molar-refractivity contribution in [3.05, 3.63) is 29.8 Å². The van der Waals surface area contributed by atoms with Crippen LogP contribution in [0.5, 0.6) is 0 Å². The maximum absolute atomic E-state index is 12.1. The van der Waals surface area contributed by atoms with Crippen molar-refractivity contribution in [1.82, 2.24) is 10.6 Å². The maximum atomic E-state index is 12.1. The molecule has 1 aromatic carbocycles. The number of nitrogens with one attached hydrogen (secondary N) is 3. The lowest BCUT2D eigenvalue weighted by Crippen LogP contribution is -2.33. The highest BCUT2D eigenvalue weighted by atomic mass is 16.2. The van der Waals surface area contributed by atoms with E-state index in [-0.39, 0.29) is 17.7 Å². The molecule has 4 amide bonds. The zero-order valence-electron chi connectivity index (χ0n) is 12.3. The molecule has 0 radical (unpaired) electrons. The van der Waals surface area contributed by atoms with Crippen molar-refractivity contribution in [2.24, 2.45) is 0 Å². The molecular formula is C15H19N3O3. The molecule has 1 saturated heterocycles. The predicted molar refractivity (Wildman–Crippen MR) is 78.9 cm³/mol. The van der Waals surface area contributed by atoms with E-state index in [0.29, 0.717) is 0 Å². The summed E-state index contributed by atoms with van der Waals surface area (Å²) in [6.45, 7) is 6.17. The molecule has 0 saturated carbocycles. The Hall–Kier alpha value is -2.37. The van der Waals surface area contributed by atoms with Crippen LogP contribution in [-0.2, 0) is 15.0 Å². The molecule has 1 aliphatic rings. The van der Waals surface area contributed by atoms with Crippen LogP contribution in [0.3, 0.4) is 0 Å². The summed E-state index contributed by atoms with van der Waals surface area (Å²) in [4.78, 5) is 34.5. The lowest BCUT2D eigenvalue weighted by Gasteiger charge is -2.23. The molecule has 21 heavy (non-hydrogen) atoms. The van der Waals surface area contributed by atoms with E-state index in [1.54, 1.807) is 0 Å². The van der Waals surface area contributed by atoms with Crippen molar-refractivity contribution in [2.45, 2.75) is 38.6 Å². The first-order valence-electron chi connectivity index (χ1n) is 6.78. The second kappa shape index (κ2) is 5.55. The Bertz CT molecular complexity index is 590. The highest BCUT2D eigenvalue weighted by molar-refractivity contribution is 6.06. The Morgan fingerprint density at radius 3 is 2.48 bits per heavy atom. The molecule has 112 valence electrons. The Morgan fingerprint density at radius 1 is 1.24 bits per heavy atom. The average molecular weight is 289 g/mol. The number of carbonyl (C=O) groups excluding carboxylic acids is 3. The van der Waals surface area contributed by atoms with E-state index in [2.05, 4.69) is 36.7 Å². The molecule has 1 atom stereocenters. The van der Waals surface area contributed by atoms with Crippen LogP contribution in [0.1, 0.15) is 32.8 Å². The van der Waals surface area contributed by atoms with E-state index in [1.807, 2.05) is 24.3 Å². The topological polar surface area (TPSA) is 87.3 Å². The van der Waals surface area contributed by atoms with E-state index in [1.165, 1.54) is 0 Å². The fourth-order valence-corrected chi connectivity index (χ4v) is 2.24. The van der Waals surface area contributed by atoms with Gasteiger partial charge in [0.2, 0.25) is 5.91 Å². The molecule has 1 aliphatic heterocycles. The molecule has 2 rings (SSSR count). The van der Waals surface area contributed by atoms with Gasteiger partial charge in [-0.05, 0) is 17.0 Å². The molecule has 6 nitrogen and oxygen atoms in total. The highest BCUT2D eigenvalue weighted by Gasteiger charge is 2.31. The van der Waals surface area contributed by atoms with Crippen LogP contribution in [0.4, 0.5) is 10.5 Å². The van der Waals surface area contributed by atoms with Crippen LogP contribution in [0.2, 0.25) is 0 Å². The largest absolute Gasteiger partial charge is 0.326 e. The first-order valence-corrected chi connectivity index (χ1v) is 6.78. The van der Waals surface area contributed by atoms with Crippen molar-refractivity contribution < 1.29 is 14.4 Å². The Kier molecular flexibility index (Phi) is 3.97. The van der Waals surface area contributed by atoms with Crippen molar-refractivity contribution in [1.29, 1.82) is 0 Å². The van der Waals surface area contributed by atoms with Gasteiger partial charge in [0.25, 0.3) is 5.91 Å². The summed E-state index contributed by atoms with van der Waals surface area (Å²) in [5.41, 5.74) is 1.63. The smallest absolute Gasteiger partial charge is 0.322 e. The van der Waals surface area contributed by atoms with Crippen molar-refractivity contribution in [3.63, 3.8) is 0 Å². The van der Waals surface area contributed by atoms with Gasteiger partial charge in [-0.1, -0.05) is 39.0 Å². The third kappa shape index (κ3) is 3.59. The Balaban J connectivity index is 2.07. The van der Waals surface area contributed by atoms with Gasteiger partial charge in [0.05, 0.1) is 6.42 Å². The summed E-state index contributed by atoms with van der Waals surface area (Å²) >= 11 is 0. The van der Waals surface area contributed by atoms with Gasteiger partial charge in [0.1, 0.15) is 6.04 Å². The number of benzene rings is 1. The molecule has 1 heterocycles. The molecule has 1 fully saturated rings. The zero-order valence-corrected chi connectivity index (χ0v) is 12.3. The normalized spacial score (nSPS) is 18.1. The number of carbonyl (C=O) groups is 3. The monoisotopic (exact) mass is 289 g/mol. The number of rotatable bonds is 3. The number of para-hydroxylation sites is 1. The number of hydrogen-bond acceptors (Lipinski definition) is 3. The average Bonchev–Trinajstić information content (AvgIpc) is 2.67. The molecule has 0 aliphatic carbocycles. The van der Waals surface area contributed by atoms with Crippen molar-refractivity contribution >= 4 is 23.5 Å². The standard InChI is InChI=1S/C15H19N3O3/c1-15(2,3)9-6-4-5-7-10(9)16-12(19)8-11-13(20)18-14(21)17-11/h4-7,11H,8H2,1-3H3,(H,16,19)(H2,17,18,20,21). The van der Waals surface area contributed by atoms with Crippen molar-refractivity contribution in [3.8, 4) is 0 Å². The molecule has 3 N–H and O–H groups in total. The first-order chi connectivity index (χ1) is 9.77. The number of imide groups is 1. The summed E-state index contributed by atoms with van der Waals surface area (Å²) in [5, 5.41) is 7.32. The molecule has 1 unspecified atom stereocenters. The fraction of sp³-hybridized carbons (Fsp3) is 0.400. The lowest BCUT2D eigenvalue weighted by atomic mass is 9.86. The minimum atomic E-state index is -0.806. The summed E-state index contributed by atoms with van der Waals surface area (Å²) in [5.74, 6) is -0.784. The Morgan fingerprint density at radius 2 is 1.90 bits per heavy atom. The third-order valence-electron chi connectivity index (χ3n) is 3.26. The van der Waals surface area contributed by atoms with Gasteiger partial charge in [-0.2, -0.15) is 0 Å².